The van der Waals surface area contributed by atoms with Gasteiger partial charge in [0, 0.05) is 29.9 Å². The Morgan fingerprint density at radius 3 is 2.45 bits per heavy atom. The van der Waals surface area contributed by atoms with Gasteiger partial charge in [-0.1, -0.05) is 11.6 Å². The van der Waals surface area contributed by atoms with Gasteiger partial charge in [-0.05, 0) is 18.2 Å². The van der Waals surface area contributed by atoms with Gasteiger partial charge in [0.2, 0.25) is 0 Å². The molecular weight excluding hydrogens is 280 g/mol. The van der Waals surface area contributed by atoms with Gasteiger partial charge in [-0.3, -0.25) is 0 Å². The summed E-state index contributed by atoms with van der Waals surface area (Å²) < 4.78 is 5.10. The maximum absolute atomic E-state index is 9.17. The number of halogens is 1. The maximum Gasteiger partial charge on any atom is 0.0981 e. The second-order valence-electron chi connectivity index (χ2n) is 4.34. The predicted octanol–water partition coefficient (Wildman–Crippen LogP) is 1.97. The van der Waals surface area contributed by atoms with Gasteiger partial charge in [-0.25, -0.2) is 0 Å². The Balaban J connectivity index is 2.51. The predicted molar refractivity (Wildman–Crippen MR) is 80.0 cm³/mol. The summed E-state index contributed by atoms with van der Waals surface area (Å²) in [5.41, 5.74) is 8.85. The van der Waals surface area contributed by atoms with Crippen molar-refractivity contribution in [2.24, 2.45) is 0 Å². The van der Waals surface area contributed by atoms with Crippen LogP contribution >= 0.6 is 11.6 Å². The van der Waals surface area contributed by atoms with Crippen LogP contribution in [0, 0.1) is 0 Å². The third kappa shape index (κ3) is 3.07. The summed E-state index contributed by atoms with van der Waals surface area (Å²) in [6.45, 7) is 0.747. The molecule has 0 aliphatic rings. The summed E-state index contributed by atoms with van der Waals surface area (Å²) >= 11 is 6.09. The fourth-order valence-electron chi connectivity index (χ4n) is 2.08. The van der Waals surface area contributed by atoms with E-state index < -0.39 is 0 Å². The van der Waals surface area contributed by atoms with Crippen molar-refractivity contribution in [2.45, 2.75) is 0 Å². The highest BCUT2D eigenvalue weighted by Crippen LogP contribution is 2.36. The third-order valence-electron chi connectivity index (χ3n) is 3.03. The number of furan rings is 1. The molecule has 0 atom stereocenters. The summed E-state index contributed by atoms with van der Waals surface area (Å²) in [7, 11) is 0. The molecule has 0 amide bonds. The van der Waals surface area contributed by atoms with E-state index in [0.29, 0.717) is 23.8 Å². The minimum Gasteiger partial charge on any atom is -0.472 e. The number of nitrogens with zero attached hydrogens (tertiary/aromatic N) is 1. The molecule has 2 rings (SSSR count). The highest BCUT2D eigenvalue weighted by Gasteiger charge is 2.15. The van der Waals surface area contributed by atoms with Gasteiger partial charge >= 0.3 is 0 Å². The lowest BCUT2D eigenvalue weighted by molar-refractivity contribution is 0.281. The van der Waals surface area contributed by atoms with E-state index >= 15 is 0 Å². The average Bonchev–Trinajstić information content (AvgIpc) is 2.95. The molecule has 0 unspecified atom stereocenters. The lowest BCUT2D eigenvalue weighted by atomic mass is 10.0. The van der Waals surface area contributed by atoms with Crippen LogP contribution < -0.4 is 10.6 Å². The van der Waals surface area contributed by atoms with Gasteiger partial charge in [-0.15, -0.1) is 0 Å². The van der Waals surface area contributed by atoms with Crippen molar-refractivity contribution in [1.82, 2.24) is 0 Å². The Morgan fingerprint density at radius 2 is 1.90 bits per heavy atom. The van der Waals surface area contributed by atoms with Crippen molar-refractivity contribution in [1.29, 1.82) is 0 Å². The molecule has 20 heavy (non-hydrogen) atoms. The Hall–Kier alpha value is -1.69. The summed E-state index contributed by atoms with van der Waals surface area (Å²) in [4.78, 5) is 1.85. The Morgan fingerprint density at radius 1 is 1.20 bits per heavy atom. The molecule has 0 spiro atoms. The van der Waals surface area contributed by atoms with Crippen LogP contribution in [0.15, 0.2) is 35.1 Å². The molecule has 0 fully saturated rings. The zero-order valence-corrected chi connectivity index (χ0v) is 11.7. The van der Waals surface area contributed by atoms with Crippen LogP contribution in [0.2, 0.25) is 5.02 Å². The normalized spacial score (nSPS) is 10.8. The van der Waals surface area contributed by atoms with E-state index in [9.17, 15) is 10.2 Å². The van der Waals surface area contributed by atoms with E-state index in [4.69, 9.17) is 21.8 Å². The molecule has 1 aromatic heterocycles. The third-order valence-corrected chi connectivity index (χ3v) is 3.36. The SMILES string of the molecule is Nc1cc(-c2ccoc2)c(N(CCO)CCO)cc1Cl. The number of hydrogen-bond donors (Lipinski definition) is 3. The lowest BCUT2D eigenvalue weighted by Crippen LogP contribution is -2.30. The maximum atomic E-state index is 9.17. The molecule has 2 aromatic rings. The molecule has 0 saturated heterocycles. The van der Waals surface area contributed by atoms with Crippen molar-refractivity contribution < 1.29 is 14.6 Å². The Labute approximate surface area is 122 Å². The van der Waals surface area contributed by atoms with Gasteiger partial charge in [0.15, 0.2) is 0 Å². The van der Waals surface area contributed by atoms with Gasteiger partial charge < -0.3 is 25.3 Å². The van der Waals surface area contributed by atoms with E-state index in [1.165, 1.54) is 0 Å². The Bertz CT molecular complexity index is 552. The standard InChI is InChI=1S/C14H17ClN2O3/c15-12-8-14(17(2-4-18)3-5-19)11(7-13(12)16)10-1-6-20-9-10/h1,6-9,18-19H,2-5,16H2. The fraction of sp³-hybridized carbons (Fsp3) is 0.286. The number of hydrogen-bond acceptors (Lipinski definition) is 5. The molecule has 1 heterocycles. The molecule has 108 valence electrons. The molecule has 1 aromatic carbocycles. The van der Waals surface area contributed by atoms with Gasteiger partial charge in [0.05, 0.1) is 36.5 Å². The van der Waals surface area contributed by atoms with Crippen LogP contribution in [0.5, 0.6) is 0 Å². The number of anilines is 2. The van der Waals surface area contributed by atoms with E-state index in [0.717, 1.165) is 16.8 Å². The number of benzene rings is 1. The monoisotopic (exact) mass is 296 g/mol. The summed E-state index contributed by atoms with van der Waals surface area (Å²) in [6, 6.07) is 5.33. The number of aliphatic hydroxyl groups is 2. The summed E-state index contributed by atoms with van der Waals surface area (Å²) in [6.07, 6.45) is 3.19. The number of aliphatic hydroxyl groups excluding tert-OH is 2. The van der Waals surface area contributed by atoms with Crippen molar-refractivity contribution in [2.75, 3.05) is 36.9 Å². The molecule has 0 aliphatic carbocycles. The quantitative estimate of drug-likeness (QED) is 0.710. The van der Waals surface area contributed by atoms with Crippen molar-refractivity contribution in [3.8, 4) is 11.1 Å². The van der Waals surface area contributed by atoms with Crippen molar-refractivity contribution >= 4 is 23.0 Å². The molecule has 4 N–H and O–H groups in total. The first-order chi connectivity index (χ1) is 9.67. The average molecular weight is 297 g/mol. The van der Waals surface area contributed by atoms with Crippen molar-refractivity contribution in [3.05, 3.63) is 35.7 Å². The summed E-state index contributed by atoms with van der Waals surface area (Å²) in [5, 5.41) is 18.8. The largest absolute Gasteiger partial charge is 0.472 e. The van der Waals surface area contributed by atoms with Gasteiger partial charge in [0.1, 0.15) is 0 Å². The Kier molecular flexibility index (Phi) is 4.89. The molecule has 0 saturated carbocycles. The lowest BCUT2D eigenvalue weighted by Gasteiger charge is -2.26. The van der Waals surface area contributed by atoms with Crippen LogP contribution in [-0.4, -0.2) is 36.5 Å². The topological polar surface area (TPSA) is 82.9 Å². The second kappa shape index (κ2) is 6.65. The van der Waals surface area contributed by atoms with Crippen LogP contribution in [0.25, 0.3) is 11.1 Å². The molecule has 0 aliphatic heterocycles. The molecular formula is C14H17ClN2O3. The number of nitrogen functional groups attached to an aromatic ring is 1. The van der Waals surface area contributed by atoms with Crippen molar-refractivity contribution in [3.63, 3.8) is 0 Å². The minimum atomic E-state index is -0.0210. The second-order valence-corrected chi connectivity index (χ2v) is 4.74. The van der Waals surface area contributed by atoms with Crippen LogP contribution in [0.1, 0.15) is 0 Å². The van der Waals surface area contributed by atoms with E-state index in [1.54, 1.807) is 24.7 Å². The van der Waals surface area contributed by atoms with E-state index in [2.05, 4.69) is 0 Å². The van der Waals surface area contributed by atoms with Gasteiger partial charge in [-0.2, -0.15) is 0 Å². The van der Waals surface area contributed by atoms with Crippen LogP contribution in [0.3, 0.4) is 0 Å². The first-order valence-corrected chi connectivity index (χ1v) is 6.63. The molecule has 0 bridgehead atoms. The van der Waals surface area contributed by atoms with Crippen LogP contribution in [0.4, 0.5) is 11.4 Å². The fourth-order valence-corrected chi connectivity index (χ4v) is 2.24. The van der Waals surface area contributed by atoms with E-state index in [1.807, 2.05) is 11.0 Å². The minimum absolute atomic E-state index is 0.0210. The highest BCUT2D eigenvalue weighted by molar-refractivity contribution is 6.33. The molecule has 0 radical (unpaired) electrons. The van der Waals surface area contributed by atoms with Crippen LogP contribution in [-0.2, 0) is 0 Å². The number of rotatable bonds is 6. The molecule has 5 nitrogen and oxygen atoms in total. The zero-order valence-electron chi connectivity index (χ0n) is 10.9. The smallest absolute Gasteiger partial charge is 0.0981 e. The molecule has 6 heteroatoms. The highest BCUT2D eigenvalue weighted by atomic mass is 35.5. The first-order valence-electron chi connectivity index (χ1n) is 6.25. The first kappa shape index (κ1) is 14.7. The number of nitrogens with two attached hydrogens (primary N) is 1. The van der Waals surface area contributed by atoms with E-state index in [-0.39, 0.29) is 13.2 Å². The van der Waals surface area contributed by atoms with Gasteiger partial charge in [0.25, 0.3) is 0 Å². The summed E-state index contributed by atoms with van der Waals surface area (Å²) in [5.74, 6) is 0. The zero-order chi connectivity index (χ0) is 14.5.